The molecule has 0 spiro atoms. The molecule has 5 heteroatoms. The highest BCUT2D eigenvalue weighted by atomic mass is 16.2. The van der Waals surface area contributed by atoms with Gasteiger partial charge in [-0.1, -0.05) is 0 Å². The fourth-order valence-corrected chi connectivity index (χ4v) is 3.45. The summed E-state index contributed by atoms with van der Waals surface area (Å²) in [5, 5.41) is 4.24. The molecule has 1 saturated heterocycles. The first-order valence-electron chi connectivity index (χ1n) is 6.61. The summed E-state index contributed by atoms with van der Waals surface area (Å²) in [4.78, 5) is 14.4. The number of carbonyl (C=O) groups excluding carboxylic acids is 1. The second kappa shape index (κ2) is 4.09. The first kappa shape index (κ1) is 11.7. The van der Waals surface area contributed by atoms with E-state index < -0.39 is 0 Å². The van der Waals surface area contributed by atoms with E-state index in [1.165, 1.54) is 6.42 Å². The zero-order valence-corrected chi connectivity index (χ0v) is 11.0. The van der Waals surface area contributed by atoms with Gasteiger partial charge in [0.15, 0.2) is 0 Å². The summed E-state index contributed by atoms with van der Waals surface area (Å²) in [7, 11) is 1.85. The van der Waals surface area contributed by atoms with Gasteiger partial charge in [-0.2, -0.15) is 5.10 Å². The van der Waals surface area contributed by atoms with Crippen LogP contribution in [0.2, 0.25) is 0 Å². The van der Waals surface area contributed by atoms with Gasteiger partial charge in [-0.25, -0.2) is 0 Å². The number of nitrogens with two attached hydrogens (primary N) is 1. The monoisotopic (exact) mass is 248 g/mol. The average Bonchev–Trinajstić information content (AvgIpc) is 2.96. The molecule has 1 aliphatic heterocycles. The molecule has 3 unspecified atom stereocenters. The summed E-state index contributed by atoms with van der Waals surface area (Å²) in [6.45, 7) is 3.57. The van der Waals surface area contributed by atoms with Gasteiger partial charge in [-0.05, 0) is 31.6 Å². The number of carbonyl (C=O) groups is 1. The van der Waals surface area contributed by atoms with Gasteiger partial charge in [0.2, 0.25) is 0 Å². The normalized spacial score (nSPS) is 30.8. The van der Waals surface area contributed by atoms with Gasteiger partial charge >= 0.3 is 0 Å². The molecule has 3 rings (SSSR count). The minimum Gasteiger partial charge on any atom is -0.338 e. The molecule has 1 saturated carbocycles. The second-order valence-electron chi connectivity index (χ2n) is 5.68. The molecule has 1 aromatic rings. The Morgan fingerprint density at radius 3 is 2.83 bits per heavy atom. The molecule has 18 heavy (non-hydrogen) atoms. The third-order valence-corrected chi connectivity index (χ3v) is 4.44. The standard InChI is InChI=1S/C13H20N4O/c1-8-10(6-16(2)15-8)13(18)17-5-9-3-4-12(14)11(9)7-17/h6,9,11-12H,3-5,7,14H2,1-2H3. The van der Waals surface area contributed by atoms with E-state index in [1.807, 2.05) is 25.1 Å². The fraction of sp³-hybridized carbons (Fsp3) is 0.692. The van der Waals surface area contributed by atoms with Crippen LogP contribution in [0.5, 0.6) is 0 Å². The Balaban J connectivity index is 1.77. The first-order valence-corrected chi connectivity index (χ1v) is 6.61. The van der Waals surface area contributed by atoms with Crippen molar-refractivity contribution in [3.05, 3.63) is 17.5 Å². The van der Waals surface area contributed by atoms with E-state index in [-0.39, 0.29) is 11.9 Å². The number of aryl methyl sites for hydroxylation is 2. The lowest BCUT2D eigenvalue weighted by Crippen LogP contribution is -2.33. The number of aromatic nitrogens is 2. The minimum absolute atomic E-state index is 0.113. The Labute approximate surface area is 107 Å². The average molecular weight is 248 g/mol. The van der Waals surface area contributed by atoms with Gasteiger partial charge in [0.25, 0.3) is 5.91 Å². The van der Waals surface area contributed by atoms with Crippen LogP contribution in [0.4, 0.5) is 0 Å². The summed E-state index contributed by atoms with van der Waals surface area (Å²) >= 11 is 0. The van der Waals surface area contributed by atoms with Crippen molar-refractivity contribution in [3.63, 3.8) is 0 Å². The Bertz CT molecular complexity index is 481. The number of hydrogen-bond acceptors (Lipinski definition) is 3. The van der Waals surface area contributed by atoms with Crippen molar-refractivity contribution < 1.29 is 4.79 Å². The van der Waals surface area contributed by atoms with Crippen molar-refractivity contribution in [1.29, 1.82) is 0 Å². The van der Waals surface area contributed by atoms with E-state index in [1.54, 1.807) is 4.68 Å². The highest BCUT2D eigenvalue weighted by Crippen LogP contribution is 2.37. The molecule has 98 valence electrons. The predicted molar refractivity (Wildman–Crippen MR) is 68.0 cm³/mol. The van der Waals surface area contributed by atoms with Crippen molar-refractivity contribution in [1.82, 2.24) is 14.7 Å². The molecule has 3 atom stereocenters. The molecule has 0 aromatic carbocycles. The van der Waals surface area contributed by atoms with Crippen LogP contribution in [0.15, 0.2) is 6.20 Å². The van der Waals surface area contributed by atoms with E-state index in [0.29, 0.717) is 11.8 Å². The summed E-state index contributed by atoms with van der Waals surface area (Å²) in [5.41, 5.74) is 7.64. The van der Waals surface area contributed by atoms with Crippen LogP contribution in [0, 0.1) is 18.8 Å². The third kappa shape index (κ3) is 1.73. The van der Waals surface area contributed by atoms with Crippen LogP contribution < -0.4 is 5.73 Å². The largest absolute Gasteiger partial charge is 0.338 e. The van der Waals surface area contributed by atoms with E-state index in [2.05, 4.69) is 5.10 Å². The quantitative estimate of drug-likeness (QED) is 0.789. The number of nitrogens with zero attached hydrogens (tertiary/aromatic N) is 3. The maximum atomic E-state index is 12.5. The van der Waals surface area contributed by atoms with Crippen LogP contribution >= 0.6 is 0 Å². The van der Waals surface area contributed by atoms with Gasteiger partial charge in [0.05, 0.1) is 11.3 Å². The summed E-state index contributed by atoms with van der Waals surface area (Å²) in [5.74, 6) is 1.23. The molecule has 1 aromatic heterocycles. The van der Waals surface area contributed by atoms with Crippen LogP contribution in [-0.2, 0) is 7.05 Å². The number of amides is 1. The second-order valence-corrected chi connectivity index (χ2v) is 5.68. The van der Waals surface area contributed by atoms with Crippen LogP contribution in [0.3, 0.4) is 0 Å². The SMILES string of the molecule is Cc1nn(C)cc1C(=O)N1CC2CCC(N)C2C1. The van der Waals surface area contributed by atoms with E-state index >= 15 is 0 Å². The van der Waals surface area contributed by atoms with Gasteiger partial charge < -0.3 is 10.6 Å². The number of fused-ring (bicyclic) bond motifs is 1. The zero-order chi connectivity index (χ0) is 12.9. The van der Waals surface area contributed by atoms with Crippen molar-refractivity contribution in [3.8, 4) is 0 Å². The molecule has 0 bridgehead atoms. The molecule has 1 aliphatic carbocycles. The topological polar surface area (TPSA) is 64.2 Å². The molecular weight excluding hydrogens is 228 g/mol. The number of rotatable bonds is 1. The maximum absolute atomic E-state index is 12.5. The Morgan fingerprint density at radius 2 is 2.22 bits per heavy atom. The Hall–Kier alpha value is -1.36. The molecular formula is C13H20N4O. The van der Waals surface area contributed by atoms with Gasteiger partial charge in [-0.15, -0.1) is 0 Å². The highest BCUT2D eigenvalue weighted by Gasteiger charge is 2.42. The van der Waals surface area contributed by atoms with Crippen molar-refractivity contribution >= 4 is 5.91 Å². The molecule has 1 amide bonds. The highest BCUT2D eigenvalue weighted by molar-refractivity contribution is 5.95. The van der Waals surface area contributed by atoms with Gasteiger partial charge in [-0.3, -0.25) is 9.48 Å². The maximum Gasteiger partial charge on any atom is 0.257 e. The molecule has 5 nitrogen and oxygen atoms in total. The van der Waals surface area contributed by atoms with Crippen molar-refractivity contribution in [2.45, 2.75) is 25.8 Å². The van der Waals surface area contributed by atoms with Gasteiger partial charge in [0.1, 0.15) is 0 Å². The predicted octanol–water partition coefficient (Wildman–Crippen LogP) is 0.538. The van der Waals surface area contributed by atoms with Crippen LogP contribution in [-0.4, -0.2) is 39.7 Å². The van der Waals surface area contributed by atoms with Crippen molar-refractivity contribution in [2.75, 3.05) is 13.1 Å². The van der Waals surface area contributed by atoms with Gasteiger partial charge in [0, 0.05) is 32.4 Å². The lowest BCUT2D eigenvalue weighted by Gasteiger charge is -2.18. The molecule has 2 aliphatic rings. The minimum atomic E-state index is 0.113. The molecule has 2 N–H and O–H groups in total. The number of likely N-dealkylation sites (tertiary alicyclic amines) is 1. The lowest BCUT2D eigenvalue weighted by atomic mass is 9.98. The smallest absolute Gasteiger partial charge is 0.257 e. The fourth-order valence-electron chi connectivity index (χ4n) is 3.45. The Kier molecular flexibility index (Phi) is 2.66. The van der Waals surface area contributed by atoms with E-state index in [9.17, 15) is 4.79 Å². The van der Waals surface area contributed by atoms with Crippen molar-refractivity contribution in [2.24, 2.45) is 24.6 Å². The Morgan fingerprint density at radius 1 is 1.44 bits per heavy atom. The lowest BCUT2D eigenvalue weighted by molar-refractivity contribution is 0.0779. The summed E-state index contributed by atoms with van der Waals surface area (Å²) in [6, 6.07) is 0.280. The first-order chi connectivity index (χ1) is 8.56. The van der Waals surface area contributed by atoms with E-state index in [0.717, 1.165) is 30.8 Å². The molecule has 2 heterocycles. The summed E-state index contributed by atoms with van der Waals surface area (Å²) < 4.78 is 1.70. The van der Waals surface area contributed by atoms with E-state index in [4.69, 9.17) is 5.73 Å². The molecule has 2 fully saturated rings. The molecule has 0 radical (unpaired) electrons. The van der Waals surface area contributed by atoms with Crippen LogP contribution in [0.25, 0.3) is 0 Å². The van der Waals surface area contributed by atoms with Crippen LogP contribution in [0.1, 0.15) is 28.9 Å². The summed E-state index contributed by atoms with van der Waals surface area (Å²) in [6.07, 6.45) is 4.09. The zero-order valence-electron chi connectivity index (χ0n) is 11.0. The number of hydrogen-bond donors (Lipinski definition) is 1. The third-order valence-electron chi connectivity index (χ3n) is 4.44.